The Hall–Kier alpha value is -2.57. The van der Waals surface area contributed by atoms with Crippen molar-refractivity contribution in [2.24, 2.45) is 0 Å². The first-order valence-corrected chi connectivity index (χ1v) is 7.22. The normalized spacial score (nSPS) is 11.3. The predicted molar refractivity (Wildman–Crippen MR) is 85.3 cm³/mol. The molecule has 0 bridgehead atoms. The van der Waals surface area contributed by atoms with Gasteiger partial charge in [0.15, 0.2) is 5.82 Å². The van der Waals surface area contributed by atoms with Gasteiger partial charge in [-0.1, -0.05) is 6.58 Å². The maximum Gasteiger partial charge on any atom is 0.250 e. The maximum atomic E-state index is 13.4. The van der Waals surface area contributed by atoms with Crippen molar-refractivity contribution in [2.75, 3.05) is 4.90 Å². The van der Waals surface area contributed by atoms with Gasteiger partial charge in [0, 0.05) is 5.69 Å². The highest BCUT2D eigenvalue weighted by Gasteiger charge is 2.20. The van der Waals surface area contributed by atoms with Crippen LogP contribution in [0.1, 0.15) is 32.2 Å². The van der Waals surface area contributed by atoms with Crippen molar-refractivity contribution in [2.45, 2.75) is 39.8 Å². The first-order valence-electron chi connectivity index (χ1n) is 7.22. The molecule has 0 aliphatic rings. The van der Waals surface area contributed by atoms with Crippen LogP contribution < -0.4 is 4.90 Å². The average Bonchev–Trinajstić information content (AvgIpc) is 2.96. The lowest BCUT2D eigenvalue weighted by Gasteiger charge is -2.20. The first kappa shape index (κ1) is 16.8. The van der Waals surface area contributed by atoms with Crippen molar-refractivity contribution in [1.82, 2.24) is 20.2 Å². The van der Waals surface area contributed by atoms with Gasteiger partial charge < -0.3 is 4.90 Å². The van der Waals surface area contributed by atoms with Gasteiger partial charge in [0.1, 0.15) is 5.82 Å². The number of rotatable bonds is 4. The molecule has 23 heavy (non-hydrogen) atoms. The van der Waals surface area contributed by atoms with E-state index in [1.165, 1.54) is 27.9 Å². The summed E-state index contributed by atoms with van der Waals surface area (Å²) in [5.74, 6) is -0.239. The molecule has 0 aliphatic carbocycles. The van der Waals surface area contributed by atoms with Gasteiger partial charge in [0.2, 0.25) is 0 Å². The zero-order chi connectivity index (χ0) is 17.2. The third-order valence-corrected chi connectivity index (χ3v) is 3.25. The van der Waals surface area contributed by atoms with E-state index in [2.05, 4.69) is 22.0 Å². The maximum absolute atomic E-state index is 13.4. The number of amides is 1. The van der Waals surface area contributed by atoms with E-state index in [0.29, 0.717) is 17.1 Å². The monoisotopic (exact) mass is 317 g/mol. The zero-order valence-corrected chi connectivity index (χ0v) is 13.7. The number of hydrogen-bond donors (Lipinski definition) is 0. The van der Waals surface area contributed by atoms with E-state index < -0.39 is 0 Å². The van der Waals surface area contributed by atoms with Crippen LogP contribution in [0.4, 0.5) is 10.1 Å². The van der Waals surface area contributed by atoms with Crippen LogP contribution in [0.2, 0.25) is 0 Å². The molecular weight excluding hydrogens is 297 g/mol. The average molecular weight is 317 g/mol. The summed E-state index contributed by atoms with van der Waals surface area (Å²) in [4.78, 5) is 15.1. The number of anilines is 1. The lowest BCUT2D eigenvalue weighted by atomic mass is 10.1. The largest absolute Gasteiger partial charge is 0.301 e. The molecule has 0 N–H and O–H groups in total. The molecule has 1 heterocycles. The number of halogens is 1. The van der Waals surface area contributed by atoms with Crippen LogP contribution in [0, 0.1) is 12.7 Å². The Morgan fingerprint density at radius 1 is 1.43 bits per heavy atom. The van der Waals surface area contributed by atoms with Gasteiger partial charge in [-0.25, -0.2) is 4.39 Å². The molecule has 0 saturated heterocycles. The zero-order valence-electron chi connectivity index (χ0n) is 13.7. The number of carbonyl (C=O) groups is 1. The van der Waals surface area contributed by atoms with Gasteiger partial charge in [0.25, 0.3) is 5.91 Å². The quantitative estimate of drug-likeness (QED) is 0.813. The van der Waals surface area contributed by atoms with Gasteiger partial charge in [-0.2, -0.15) is 4.80 Å². The van der Waals surface area contributed by atoms with Gasteiger partial charge in [-0.05, 0) is 62.7 Å². The molecule has 0 fully saturated rings. The Bertz CT molecular complexity index is 732. The molecule has 0 radical (unpaired) electrons. The number of benzene rings is 1. The van der Waals surface area contributed by atoms with E-state index >= 15 is 0 Å². The molecule has 0 spiro atoms. The molecule has 1 aromatic carbocycles. The lowest BCUT2D eigenvalue weighted by Crippen LogP contribution is -2.29. The topological polar surface area (TPSA) is 63.9 Å². The highest BCUT2D eigenvalue weighted by Crippen LogP contribution is 2.20. The van der Waals surface area contributed by atoms with Gasteiger partial charge in [-0.3, -0.25) is 4.79 Å². The number of tetrazole rings is 1. The van der Waals surface area contributed by atoms with Crippen LogP contribution in [0.25, 0.3) is 0 Å². The molecule has 7 heteroatoms. The summed E-state index contributed by atoms with van der Waals surface area (Å²) in [6.07, 6.45) is 1.20. The molecule has 0 aliphatic heterocycles. The Balaban J connectivity index is 2.32. The molecule has 0 atom stereocenters. The van der Waals surface area contributed by atoms with Gasteiger partial charge >= 0.3 is 0 Å². The fraction of sp³-hybridized carbons (Fsp3) is 0.375. The second kappa shape index (κ2) is 6.28. The summed E-state index contributed by atoms with van der Waals surface area (Å²) in [7, 11) is 0. The van der Waals surface area contributed by atoms with E-state index in [4.69, 9.17) is 0 Å². The van der Waals surface area contributed by atoms with Crippen molar-refractivity contribution in [3.8, 4) is 0 Å². The van der Waals surface area contributed by atoms with Crippen molar-refractivity contribution >= 4 is 11.6 Å². The minimum absolute atomic E-state index is 0.131. The predicted octanol–water partition coefficient (Wildman–Crippen LogP) is 2.59. The number of carbonyl (C=O) groups excluding carboxylic acids is 1. The summed E-state index contributed by atoms with van der Waals surface area (Å²) in [6, 6.07) is 4.47. The third-order valence-electron chi connectivity index (χ3n) is 3.25. The van der Waals surface area contributed by atoms with E-state index in [9.17, 15) is 9.18 Å². The van der Waals surface area contributed by atoms with Crippen LogP contribution >= 0.6 is 0 Å². The first-order chi connectivity index (χ1) is 10.7. The van der Waals surface area contributed by atoms with Crippen molar-refractivity contribution in [1.29, 1.82) is 0 Å². The molecule has 2 rings (SSSR count). The lowest BCUT2D eigenvalue weighted by molar-refractivity contribution is -0.114. The smallest absolute Gasteiger partial charge is 0.250 e. The number of hydrogen-bond acceptors (Lipinski definition) is 4. The fourth-order valence-electron chi connectivity index (χ4n) is 1.94. The van der Waals surface area contributed by atoms with Crippen LogP contribution in [0.3, 0.4) is 0 Å². The highest BCUT2D eigenvalue weighted by molar-refractivity contribution is 6.00. The van der Waals surface area contributed by atoms with Crippen LogP contribution in [0.5, 0.6) is 0 Å². The summed E-state index contributed by atoms with van der Waals surface area (Å²) in [5.41, 5.74) is 0.710. The molecule has 0 unspecified atom stereocenters. The third kappa shape index (κ3) is 3.80. The van der Waals surface area contributed by atoms with Crippen LogP contribution in [0.15, 0.2) is 30.9 Å². The summed E-state index contributed by atoms with van der Waals surface area (Å²) < 4.78 is 13.4. The molecule has 1 amide bonds. The molecule has 6 nitrogen and oxygen atoms in total. The minimum atomic E-state index is -0.323. The second-order valence-electron chi connectivity index (χ2n) is 6.23. The SMILES string of the molecule is C=CC(=O)N(Cc1nnn(C(C)(C)C)n1)c1ccc(F)c(C)c1. The fourth-order valence-corrected chi connectivity index (χ4v) is 1.94. The second-order valence-corrected chi connectivity index (χ2v) is 6.23. The van der Waals surface area contributed by atoms with Crippen LogP contribution in [-0.4, -0.2) is 26.1 Å². The van der Waals surface area contributed by atoms with Crippen molar-refractivity contribution < 1.29 is 9.18 Å². The Kier molecular flexibility index (Phi) is 4.58. The Labute approximate surface area is 134 Å². The van der Waals surface area contributed by atoms with Crippen molar-refractivity contribution in [3.05, 3.63) is 48.1 Å². The molecular formula is C16H20FN5O. The standard InChI is InChI=1S/C16H20FN5O/c1-6-15(23)21(12-7-8-13(17)11(2)9-12)10-14-18-20-22(19-14)16(3,4)5/h6-9H,1,10H2,2-5H3. The number of nitrogens with zero attached hydrogens (tertiary/aromatic N) is 5. The number of aromatic nitrogens is 4. The molecule has 2 aromatic rings. The van der Waals surface area contributed by atoms with Gasteiger partial charge in [0.05, 0.1) is 12.1 Å². The Morgan fingerprint density at radius 2 is 2.13 bits per heavy atom. The van der Waals surface area contributed by atoms with E-state index in [0.717, 1.165) is 0 Å². The highest BCUT2D eigenvalue weighted by atomic mass is 19.1. The van der Waals surface area contributed by atoms with Crippen LogP contribution in [-0.2, 0) is 16.9 Å². The molecule has 0 saturated carbocycles. The minimum Gasteiger partial charge on any atom is -0.301 e. The summed E-state index contributed by atoms with van der Waals surface area (Å²) >= 11 is 0. The van der Waals surface area contributed by atoms with E-state index in [-0.39, 0.29) is 23.8 Å². The van der Waals surface area contributed by atoms with E-state index in [1.54, 1.807) is 13.0 Å². The molecule has 1 aromatic heterocycles. The van der Waals surface area contributed by atoms with Gasteiger partial charge in [-0.15, -0.1) is 10.2 Å². The van der Waals surface area contributed by atoms with Crippen molar-refractivity contribution in [3.63, 3.8) is 0 Å². The summed E-state index contributed by atoms with van der Waals surface area (Å²) in [6.45, 7) is 11.1. The molecule has 122 valence electrons. The summed E-state index contributed by atoms with van der Waals surface area (Å²) in [5, 5.41) is 12.3. The Morgan fingerprint density at radius 3 is 2.65 bits per heavy atom. The van der Waals surface area contributed by atoms with E-state index in [1.807, 2.05) is 20.8 Å². The number of aryl methyl sites for hydroxylation is 1.